The largest absolute Gasteiger partial charge is 0.334 e. The van der Waals surface area contributed by atoms with Crippen molar-refractivity contribution in [2.24, 2.45) is 0 Å². The van der Waals surface area contributed by atoms with Gasteiger partial charge in [0.25, 0.3) is 5.91 Å². The first-order valence-corrected chi connectivity index (χ1v) is 8.59. The van der Waals surface area contributed by atoms with E-state index in [1.165, 1.54) is 0 Å². The second-order valence-electron chi connectivity index (χ2n) is 5.79. The number of carbonyl (C=O) groups excluding carboxylic acids is 1. The molecule has 0 saturated carbocycles. The minimum atomic E-state index is -0.00329. The fraction of sp³-hybridized carbons (Fsp3) is 0.143. The van der Waals surface area contributed by atoms with Crippen molar-refractivity contribution in [3.63, 3.8) is 0 Å². The van der Waals surface area contributed by atoms with Crippen molar-refractivity contribution < 1.29 is 4.79 Å². The molecule has 1 amide bonds. The smallest absolute Gasteiger partial charge is 0.254 e. The van der Waals surface area contributed by atoms with Gasteiger partial charge in [0, 0.05) is 42.0 Å². The first-order chi connectivity index (χ1) is 12.2. The highest BCUT2D eigenvalue weighted by atomic mass is 35.5. The number of hydrogen-bond acceptors (Lipinski definition) is 2. The van der Waals surface area contributed by atoms with Gasteiger partial charge in [0.05, 0.1) is 0 Å². The molecule has 0 aliphatic rings. The second-order valence-corrected chi connectivity index (χ2v) is 6.23. The molecule has 3 rings (SSSR count). The predicted molar refractivity (Wildman–Crippen MR) is 101 cm³/mol. The van der Waals surface area contributed by atoms with Crippen LogP contribution in [0.5, 0.6) is 0 Å². The summed E-state index contributed by atoms with van der Waals surface area (Å²) in [6.07, 6.45) is 2.49. The number of carbonyl (C=O) groups is 1. The average Bonchev–Trinajstić information content (AvgIpc) is 2.67. The van der Waals surface area contributed by atoms with Gasteiger partial charge in [0.2, 0.25) is 0 Å². The summed E-state index contributed by atoms with van der Waals surface area (Å²) in [6.45, 7) is 1.17. The average molecular weight is 351 g/mol. The van der Waals surface area contributed by atoms with Crippen molar-refractivity contribution in [2.75, 3.05) is 6.54 Å². The lowest BCUT2D eigenvalue weighted by Crippen LogP contribution is -2.32. The van der Waals surface area contributed by atoms with Crippen LogP contribution in [0.2, 0.25) is 5.02 Å². The maximum absolute atomic E-state index is 12.9. The number of rotatable bonds is 6. The monoisotopic (exact) mass is 350 g/mol. The molecule has 0 unspecified atom stereocenters. The molecule has 2 aromatic carbocycles. The van der Waals surface area contributed by atoms with Crippen molar-refractivity contribution in [3.8, 4) is 0 Å². The summed E-state index contributed by atoms with van der Waals surface area (Å²) >= 11 is 5.93. The molecule has 1 heterocycles. The summed E-state index contributed by atoms with van der Waals surface area (Å²) in [5.41, 5.74) is 2.72. The summed E-state index contributed by atoms with van der Waals surface area (Å²) in [5.74, 6) is -0.00329. The SMILES string of the molecule is O=C(c1ccc(Cl)cc1)N(CCc1ccccn1)Cc1ccccc1. The van der Waals surface area contributed by atoms with Gasteiger partial charge >= 0.3 is 0 Å². The molecular weight excluding hydrogens is 332 g/mol. The molecule has 3 nitrogen and oxygen atoms in total. The molecule has 4 heteroatoms. The fourth-order valence-corrected chi connectivity index (χ4v) is 2.75. The van der Waals surface area contributed by atoms with Gasteiger partial charge in [-0.15, -0.1) is 0 Å². The Morgan fingerprint density at radius 1 is 0.920 bits per heavy atom. The summed E-state index contributed by atoms with van der Waals surface area (Å²) < 4.78 is 0. The lowest BCUT2D eigenvalue weighted by Gasteiger charge is -2.23. The highest BCUT2D eigenvalue weighted by molar-refractivity contribution is 6.30. The van der Waals surface area contributed by atoms with Gasteiger partial charge in [0.1, 0.15) is 0 Å². The maximum atomic E-state index is 12.9. The van der Waals surface area contributed by atoms with Crippen LogP contribution in [0.25, 0.3) is 0 Å². The van der Waals surface area contributed by atoms with Crippen LogP contribution in [0, 0.1) is 0 Å². The number of nitrogens with zero attached hydrogens (tertiary/aromatic N) is 2. The zero-order chi connectivity index (χ0) is 17.5. The predicted octanol–water partition coefficient (Wildman–Crippen LogP) is 4.62. The van der Waals surface area contributed by atoms with Gasteiger partial charge < -0.3 is 4.90 Å². The van der Waals surface area contributed by atoms with Gasteiger partial charge in [-0.1, -0.05) is 48.0 Å². The number of amides is 1. The van der Waals surface area contributed by atoms with Crippen LogP contribution >= 0.6 is 11.6 Å². The van der Waals surface area contributed by atoms with Crippen LogP contribution in [-0.2, 0) is 13.0 Å². The molecule has 0 radical (unpaired) electrons. The molecule has 0 bridgehead atoms. The third-order valence-electron chi connectivity index (χ3n) is 3.96. The van der Waals surface area contributed by atoms with E-state index < -0.39 is 0 Å². The van der Waals surface area contributed by atoms with Crippen molar-refractivity contribution in [3.05, 3.63) is 101 Å². The first kappa shape index (κ1) is 17.2. The summed E-state index contributed by atoms with van der Waals surface area (Å²) in [5, 5.41) is 0.625. The Morgan fingerprint density at radius 2 is 1.64 bits per heavy atom. The van der Waals surface area contributed by atoms with Crippen molar-refractivity contribution in [1.29, 1.82) is 0 Å². The Bertz CT molecular complexity index is 804. The number of benzene rings is 2. The highest BCUT2D eigenvalue weighted by Crippen LogP contribution is 2.14. The van der Waals surface area contributed by atoms with E-state index in [2.05, 4.69) is 4.98 Å². The Morgan fingerprint density at radius 3 is 2.32 bits per heavy atom. The van der Waals surface area contributed by atoms with Crippen LogP contribution < -0.4 is 0 Å². The van der Waals surface area contributed by atoms with Gasteiger partial charge in [-0.2, -0.15) is 0 Å². The van der Waals surface area contributed by atoms with E-state index in [4.69, 9.17) is 11.6 Å². The minimum Gasteiger partial charge on any atom is -0.334 e. The zero-order valence-electron chi connectivity index (χ0n) is 13.8. The van der Waals surface area contributed by atoms with Crippen molar-refractivity contribution in [2.45, 2.75) is 13.0 Å². The molecule has 1 aromatic heterocycles. The molecule has 3 aromatic rings. The Balaban J connectivity index is 1.77. The van der Waals surface area contributed by atoms with Crippen molar-refractivity contribution in [1.82, 2.24) is 9.88 Å². The van der Waals surface area contributed by atoms with Crippen molar-refractivity contribution >= 4 is 17.5 Å². The lowest BCUT2D eigenvalue weighted by molar-refractivity contribution is 0.0744. The molecule has 0 saturated heterocycles. The van der Waals surface area contributed by atoms with Crippen LogP contribution in [0.3, 0.4) is 0 Å². The van der Waals surface area contributed by atoms with E-state index in [1.54, 1.807) is 30.5 Å². The highest BCUT2D eigenvalue weighted by Gasteiger charge is 2.16. The van der Waals surface area contributed by atoms with E-state index in [-0.39, 0.29) is 5.91 Å². The van der Waals surface area contributed by atoms with Gasteiger partial charge in [0.15, 0.2) is 0 Å². The van der Waals surface area contributed by atoms with Gasteiger partial charge in [-0.3, -0.25) is 9.78 Å². The molecule has 25 heavy (non-hydrogen) atoms. The quantitative estimate of drug-likeness (QED) is 0.650. The van der Waals surface area contributed by atoms with Crippen LogP contribution in [0.15, 0.2) is 79.0 Å². The molecule has 0 N–H and O–H groups in total. The molecule has 0 aliphatic carbocycles. The first-order valence-electron chi connectivity index (χ1n) is 8.21. The van der Waals surface area contributed by atoms with Gasteiger partial charge in [-0.25, -0.2) is 0 Å². The molecule has 0 atom stereocenters. The summed E-state index contributed by atoms with van der Waals surface area (Å²) in [6, 6.07) is 22.9. The third kappa shape index (κ3) is 4.91. The summed E-state index contributed by atoms with van der Waals surface area (Å²) in [7, 11) is 0. The Labute approximate surface area is 152 Å². The van der Waals surface area contributed by atoms with E-state index in [9.17, 15) is 4.79 Å². The minimum absolute atomic E-state index is 0.00329. The second kappa shape index (κ2) is 8.45. The number of halogens is 1. The molecule has 0 fully saturated rings. The standard InChI is InChI=1S/C21H19ClN2O/c22-19-11-9-18(10-12-19)21(25)24(16-17-6-2-1-3-7-17)15-13-20-8-4-5-14-23-20/h1-12,14H,13,15-16H2. The normalized spacial score (nSPS) is 10.4. The molecule has 0 spiro atoms. The molecule has 0 aliphatic heterocycles. The van der Waals surface area contributed by atoms with E-state index in [0.717, 1.165) is 11.3 Å². The third-order valence-corrected chi connectivity index (χ3v) is 4.21. The Kier molecular flexibility index (Phi) is 5.81. The van der Waals surface area contributed by atoms with E-state index >= 15 is 0 Å². The topological polar surface area (TPSA) is 33.2 Å². The summed E-state index contributed by atoms with van der Waals surface area (Å²) in [4.78, 5) is 19.1. The molecular formula is C21H19ClN2O. The van der Waals surface area contributed by atoms with Gasteiger partial charge in [-0.05, 0) is 42.0 Å². The number of hydrogen-bond donors (Lipinski definition) is 0. The van der Waals surface area contributed by atoms with Crippen LogP contribution in [0.1, 0.15) is 21.6 Å². The fourth-order valence-electron chi connectivity index (χ4n) is 2.63. The maximum Gasteiger partial charge on any atom is 0.254 e. The van der Waals surface area contributed by atoms with Crippen LogP contribution in [0.4, 0.5) is 0 Å². The molecule has 126 valence electrons. The lowest BCUT2D eigenvalue weighted by atomic mass is 10.1. The zero-order valence-corrected chi connectivity index (χ0v) is 14.6. The Hall–Kier alpha value is -2.65. The van der Waals surface area contributed by atoms with Crippen LogP contribution in [-0.4, -0.2) is 22.3 Å². The van der Waals surface area contributed by atoms with E-state index in [0.29, 0.717) is 30.1 Å². The number of aromatic nitrogens is 1. The number of pyridine rings is 1. The van der Waals surface area contributed by atoms with E-state index in [1.807, 2.05) is 53.4 Å².